The van der Waals surface area contributed by atoms with Gasteiger partial charge in [-0.1, -0.05) is 0 Å². The van der Waals surface area contributed by atoms with E-state index in [2.05, 4.69) is 15.6 Å². The summed E-state index contributed by atoms with van der Waals surface area (Å²) in [7, 11) is 0. The van der Waals surface area contributed by atoms with Crippen LogP contribution in [-0.2, 0) is 4.74 Å². The average molecular weight is 309 g/mol. The van der Waals surface area contributed by atoms with Gasteiger partial charge in [0.2, 0.25) is 5.88 Å². The highest BCUT2D eigenvalue weighted by Crippen LogP contribution is 2.22. The number of pyridine rings is 1. The maximum absolute atomic E-state index is 11.6. The zero-order valence-corrected chi connectivity index (χ0v) is 14.3. The van der Waals surface area contributed by atoms with Crippen molar-refractivity contribution in [1.29, 1.82) is 0 Å². The number of hydrogen-bond donors (Lipinski definition) is 2. The van der Waals surface area contributed by atoms with Crippen molar-refractivity contribution in [2.45, 2.75) is 59.3 Å². The molecule has 6 nitrogen and oxygen atoms in total. The van der Waals surface area contributed by atoms with Crippen molar-refractivity contribution in [3.05, 3.63) is 18.3 Å². The molecule has 0 aliphatic rings. The Kier molecular flexibility index (Phi) is 6.46. The maximum Gasteiger partial charge on any atom is 0.407 e. The van der Waals surface area contributed by atoms with E-state index in [9.17, 15) is 4.79 Å². The predicted molar refractivity (Wildman–Crippen MR) is 87.3 cm³/mol. The summed E-state index contributed by atoms with van der Waals surface area (Å²) >= 11 is 0. The van der Waals surface area contributed by atoms with Crippen LogP contribution < -0.4 is 15.4 Å². The first kappa shape index (κ1) is 18.1. The molecule has 1 rings (SSSR count). The molecule has 1 unspecified atom stereocenters. The molecule has 0 spiro atoms. The molecule has 0 saturated heterocycles. The molecule has 124 valence electrons. The van der Waals surface area contributed by atoms with Gasteiger partial charge in [-0.25, -0.2) is 9.78 Å². The Labute approximate surface area is 132 Å². The largest absolute Gasteiger partial charge is 0.473 e. The molecule has 1 aromatic heterocycles. The Morgan fingerprint density at radius 3 is 2.59 bits per heavy atom. The van der Waals surface area contributed by atoms with Crippen LogP contribution in [0.2, 0.25) is 0 Å². The zero-order chi connectivity index (χ0) is 16.8. The third-order valence-corrected chi connectivity index (χ3v) is 2.47. The minimum Gasteiger partial charge on any atom is -0.473 e. The summed E-state index contributed by atoms with van der Waals surface area (Å²) in [6.45, 7) is 11.8. The molecule has 0 radical (unpaired) electrons. The van der Waals surface area contributed by atoms with Crippen molar-refractivity contribution in [1.82, 2.24) is 10.3 Å². The molecule has 0 aliphatic heterocycles. The predicted octanol–water partition coefficient (Wildman–Crippen LogP) is 3.19. The first-order valence-electron chi connectivity index (χ1n) is 7.52. The van der Waals surface area contributed by atoms with E-state index in [1.807, 2.05) is 53.7 Å². The van der Waals surface area contributed by atoms with Crippen molar-refractivity contribution in [2.24, 2.45) is 0 Å². The minimum absolute atomic E-state index is 0.00577. The third-order valence-electron chi connectivity index (χ3n) is 2.47. The van der Waals surface area contributed by atoms with Crippen LogP contribution in [0.5, 0.6) is 5.88 Å². The molecule has 2 N–H and O–H groups in total. The van der Waals surface area contributed by atoms with Crippen LogP contribution in [0.15, 0.2) is 18.3 Å². The summed E-state index contributed by atoms with van der Waals surface area (Å²) in [6, 6.07) is 3.74. The van der Waals surface area contributed by atoms with Gasteiger partial charge in [-0.2, -0.15) is 0 Å². The molecule has 22 heavy (non-hydrogen) atoms. The van der Waals surface area contributed by atoms with E-state index in [1.54, 1.807) is 6.20 Å². The fourth-order valence-corrected chi connectivity index (χ4v) is 1.68. The standard InChI is InChI=1S/C16H27N3O3/c1-11(2)21-14-13(8-7-9-17-14)19-12(3)10-18-15(20)22-16(4,5)6/h7-9,11-12,19H,10H2,1-6H3,(H,18,20). The molecule has 0 aromatic carbocycles. The summed E-state index contributed by atoms with van der Waals surface area (Å²) in [6.07, 6.45) is 1.31. The quantitative estimate of drug-likeness (QED) is 0.844. The Morgan fingerprint density at radius 1 is 1.32 bits per heavy atom. The van der Waals surface area contributed by atoms with Crippen LogP contribution >= 0.6 is 0 Å². The highest BCUT2D eigenvalue weighted by Gasteiger charge is 2.17. The fraction of sp³-hybridized carbons (Fsp3) is 0.625. The van der Waals surface area contributed by atoms with Gasteiger partial charge in [-0.05, 0) is 53.7 Å². The van der Waals surface area contributed by atoms with E-state index < -0.39 is 11.7 Å². The number of anilines is 1. The summed E-state index contributed by atoms with van der Waals surface area (Å²) in [4.78, 5) is 15.8. The van der Waals surface area contributed by atoms with Crippen LogP contribution in [0.4, 0.5) is 10.5 Å². The van der Waals surface area contributed by atoms with Crippen molar-refractivity contribution < 1.29 is 14.3 Å². The van der Waals surface area contributed by atoms with Crippen molar-refractivity contribution in [3.63, 3.8) is 0 Å². The summed E-state index contributed by atoms with van der Waals surface area (Å²) in [5, 5.41) is 6.01. The second-order valence-corrected chi connectivity index (χ2v) is 6.45. The lowest BCUT2D eigenvalue weighted by Crippen LogP contribution is -2.38. The lowest BCUT2D eigenvalue weighted by Gasteiger charge is -2.22. The lowest BCUT2D eigenvalue weighted by atomic mass is 10.2. The van der Waals surface area contributed by atoms with Gasteiger partial charge in [0.15, 0.2) is 0 Å². The van der Waals surface area contributed by atoms with Crippen LogP contribution in [0.3, 0.4) is 0 Å². The molecule has 1 heterocycles. The number of amides is 1. The monoisotopic (exact) mass is 309 g/mol. The van der Waals surface area contributed by atoms with Gasteiger partial charge in [-0.3, -0.25) is 0 Å². The highest BCUT2D eigenvalue weighted by atomic mass is 16.6. The topological polar surface area (TPSA) is 72.5 Å². The Balaban J connectivity index is 2.52. The van der Waals surface area contributed by atoms with E-state index in [0.29, 0.717) is 12.4 Å². The van der Waals surface area contributed by atoms with Crippen LogP contribution in [0, 0.1) is 0 Å². The zero-order valence-electron chi connectivity index (χ0n) is 14.3. The van der Waals surface area contributed by atoms with Gasteiger partial charge in [0.25, 0.3) is 0 Å². The second kappa shape index (κ2) is 7.87. The van der Waals surface area contributed by atoms with Crippen molar-refractivity contribution >= 4 is 11.8 Å². The summed E-state index contributed by atoms with van der Waals surface area (Å²) in [5.41, 5.74) is 0.303. The number of aromatic nitrogens is 1. The lowest BCUT2D eigenvalue weighted by molar-refractivity contribution is 0.0526. The molecule has 0 bridgehead atoms. The highest BCUT2D eigenvalue weighted by molar-refractivity contribution is 5.67. The van der Waals surface area contributed by atoms with Crippen LogP contribution in [0.25, 0.3) is 0 Å². The number of alkyl carbamates (subject to hydrolysis) is 1. The first-order chi connectivity index (χ1) is 10.2. The minimum atomic E-state index is -0.498. The summed E-state index contributed by atoms with van der Waals surface area (Å²) < 4.78 is 10.9. The van der Waals surface area contributed by atoms with Crippen LogP contribution in [0.1, 0.15) is 41.5 Å². The Morgan fingerprint density at radius 2 is 2.00 bits per heavy atom. The fourth-order valence-electron chi connectivity index (χ4n) is 1.68. The van der Waals surface area contributed by atoms with Gasteiger partial charge < -0.3 is 20.1 Å². The molecule has 0 fully saturated rings. The summed E-state index contributed by atoms with van der Waals surface area (Å²) in [5.74, 6) is 0.557. The Hall–Kier alpha value is -1.98. The maximum atomic E-state index is 11.6. The van der Waals surface area contributed by atoms with Crippen molar-refractivity contribution in [2.75, 3.05) is 11.9 Å². The van der Waals surface area contributed by atoms with E-state index in [4.69, 9.17) is 9.47 Å². The number of rotatable bonds is 6. The molecule has 0 aliphatic carbocycles. The molecule has 1 atom stereocenters. The van der Waals surface area contributed by atoms with E-state index >= 15 is 0 Å². The molecular weight excluding hydrogens is 282 g/mol. The number of ether oxygens (including phenoxy) is 2. The first-order valence-corrected chi connectivity index (χ1v) is 7.52. The number of carbonyl (C=O) groups excluding carboxylic acids is 1. The number of nitrogens with one attached hydrogen (secondary N) is 2. The third kappa shape index (κ3) is 7.15. The van der Waals surface area contributed by atoms with Gasteiger partial charge in [0, 0.05) is 18.8 Å². The number of hydrogen-bond acceptors (Lipinski definition) is 5. The molecule has 1 amide bonds. The smallest absolute Gasteiger partial charge is 0.407 e. The number of carbonyl (C=O) groups is 1. The van der Waals surface area contributed by atoms with Crippen molar-refractivity contribution in [3.8, 4) is 5.88 Å². The molecular formula is C16H27N3O3. The normalized spacial score (nSPS) is 12.7. The number of nitrogens with zero attached hydrogens (tertiary/aromatic N) is 1. The molecule has 6 heteroatoms. The van der Waals surface area contributed by atoms with E-state index in [0.717, 1.165) is 5.69 Å². The Bertz CT molecular complexity index is 484. The van der Waals surface area contributed by atoms with Gasteiger partial charge in [-0.15, -0.1) is 0 Å². The average Bonchev–Trinajstić information content (AvgIpc) is 2.36. The molecule has 0 saturated carbocycles. The van der Waals surface area contributed by atoms with Crippen LogP contribution in [-0.4, -0.2) is 35.4 Å². The second-order valence-electron chi connectivity index (χ2n) is 6.45. The van der Waals surface area contributed by atoms with Gasteiger partial charge >= 0.3 is 6.09 Å². The van der Waals surface area contributed by atoms with Gasteiger partial charge in [0.1, 0.15) is 5.60 Å². The SMILES string of the molecule is CC(CNC(=O)OC(C)(C)C)Nc1cccnc1OC(C)C. The van der Waals surface area contributed by atoms with E-state index in [-0.39, 0.29) is 12.1 Å². The van der Waals surface area contributed by atoms with Gasteiger partial charge in [0.05, 0.1) is 11.8 Å². The van der Waals surface area contributed by atoms with E-state index in [1.165, 1.54) is 0 Å². The molecule has 1 aromatic rings.